The summed E-state index contributed by atoms with van der Waals surface area (Å²) >= 11 is 14.6. The molecule has 0 saturated heterocycles. The number of ether oxygens (including phenoxy) is 1. The minimum absolute atomic E-state index is 0.193. The molecular formula is C13H6BrCl2F3N2O2. The molecule has 2 rings (SSSR count). The third kappa shape index (κ3) is 4.98. The Labute approximate surface area is 146 Å². The van der Waals surface area contributed by atoms with Crippen LogP contribution in [0.3, 0.4) is 0 Å². The first-order valence-corrected chi connectivity index (χ1v) is 7.38. The highest BCUT2D eigenvalue weighted by atomic mass is 79.9. The van der Waals surface area contributed by atoms with Crippen LogP contribution in [0.5, 0.6) is 5.75 Å². The number of amides is 1. The van der Waals surface area contributed by atoms with Crippen LogP contribution in [0.25, 0.3) is 0 Å². The van der Waals surface area contributed by atoms with Crippen molar-refractivity contribution in [2.24, 2.45) is 0 Å². The minimum Gasteiger partial charge on any atom is -0.404 e. The zero-order valence-electron chi connectivity index (χ0n) is 10.9. The second-order valence-corrected chi connectivity index (χ2v) is 5.76. The van der Waals surface area contributed by atoms with Crippen LogP contribution >= 0.6 is 39.1 Å². The van der Waals surface area contributed by atoms with Crippen LogP contribution in [0.4, 0.5) is 18.9 Å². The second kappa shape index (κ2) is 6.94. The van der Waals surface area contributed by atoms with Gasteiger partial charge in [-0.2, -0.15) is 0 Å². The molecule has 122 valence electrons. The zero-order chi connectivity index (χ0) is 17.2. The summed E-state index contributed by atoms with van der Waals surface area (Å²) < 4.78 is 40.6. The number of hydrogen-bond donors (Lipinski definition) is 1. The SMILES string of the molecule is O=C(Nc1ccc(OC(F)(F)F)c(Cl)c1)c1cnc(Cl)c(Br)c1. The molecule has 0 aliphatic rings. The molecule has 0 unspecified atom stereocenters. The van der Waals surface area contributed by atoms with E-state index in [4.69, 9.17) is 23.2 Å². The molecule has 0 atom stereocenters. The summed E-state index contributed by atoms with van der Waals surface area (Å²) in [6, 6.07) is 4.82. The highest BCUT2D eigenvalue weighted by molar-refractivity contribution is 9.10. The van der Waals surface area contributed by atoms with Gasteiger partial charge >= 0.3 is 6.36 Å². The van der Waals surface area contributed by atoms with E-state index < -0.39 is 18.0 Å². The number of hydrogen-bond acceptors (Lipinski definition) is 3. The van der Waals surface area contributed by atoms with Crippen molar-refractivity contribution in [1.29, 1.82) is 0 Å². The van der Waals surface area contributed by atoms with Crippen LogP contribution in [0.1, 0.15) is 10.4 Å². The highest BCUT2D eigenvalue weighted by Gasteiger charge is 2.32. The molecule has 2 aromatic rings. The quantitative estimate of drug-likeness (QED) is 0.673. The van der Waals surface area contributed by atoms with E-state index >= 15 is 0 Å². The van der Waals surface area contributed by atoms with Gasteiger partial charge in [0.1, 0.15) is 10.9 Å². The van der Waals surface area contributed by atoms with Crippen molar-refractivity contribution in [2.45, 2.75) is 6.36 Å². The molecule has 1 N–H and O–H groups in total. The number of carbonyl (C=O) groups is 1. The Bertz CT molecular complexity index is 756. The van der Waals surface area contributed by atoms with Gasteiger partial charge in [0.25, 0.3) is 5.91 Å². The number of nitrogens with zero attached hydrogens (tertiary/aromatic N) is 1. The van der Waals surface area contributed by atoms with E-state index in [1.165, 1.54) is 18.3 Å². The molecule has 4 nitrogen and oxygen atoms in total. The number of rotatable bonds is 3. The molecule has 1 heterocycles. The minimum atomic E-state index is -4.85. The van der Waals surface area contributed by atoms with Gasteiger partial charge in [-0.25, -0.2) is 4.98 Å². The lowest BCUT2D eigenvalue weighted by molar-refractivity contribution is -0.274. The van der Waals surface area contributed by atoms with Crippen molar-refractivity contribution in [3.63, 3.8) is 0 Å². The molecule has 0 spiro atoms. The first-order valence-electron chi connectivity index (χ1n) is 5.83. The fourth-order valence-corrected chi connectivity index (χ4v) is 2.21. The van der Waals surface area contributed by atoms with Crippen molar-refractivity contribution in [3.8, 4) is 5.75 Å². The summed E-state index contributed by atoms with van der Waals surface area (Å²) in [6.45, 7) is 0. The van der Waals surface area contributed by atoms with Crippen LogP contribution in [-0.2, 0) is 0 Å². The van der Waals surface area contributed by atoms with E-state index in [1.807, 2.05) is 0 Å². The molecule has 0 aliphatic heterocycles. The van der Waals surface area contributed by atoms with Crippen molar-refractivity contribution >= 4 is 50.7 Å². The van der Waals surface area contributed by atoms with Crippen LogP contribution in [0, 0.1) is 0 Å². The third-order valence-corrected chi connectivity index (χ3v) is 3.90. The molecule has 0 fully saturated rings. The zero-order valence-corrected chi connectivity index (χ0v) is 14.0. The molecule has 0 saturated carbocycles. The molecular weight excluding hydrogens is 424 g/mol. The van der Waals surface area contributed by atoms with Crippen molar-refractivity contribution in [2.75, 3.05) is 5.32 Å². The molecule has 0 aliphatic carbocycles. The van der Waals surface area contributed by atoms with Crippen molar-refractivity contribution in [3.05, 3.63) is 50.7 Å². The van der Waals surface area contributed by atoms with Gasteiger partial charge < -0.3 is 10.1 Å². The number of benzene rings is 1. The third-order valence-electron chi connectivity index (χ3n) is 2.47. The predicted octanol–water partition coefficient (Wildman–Crippen LogP) is 5.30. The number of alkyl halides is 3. The van der Waals surface area contributed by atoms with Crippen LogP contribution in [0.15, 0.2) is 34.9 Å². The maximum atomic E-state index is 12.2. The van der Waals surface area contributed by atoms with E-state index in [-0.39, 0.29) is 21.4 Å². The smallest absolute Gasteiger partial charge is 0.404 e. The number of anilines is 1. The van der Waals surface area contributed by atoms with Crippen LogP contribution < -0.4 is 10.1 Å². The van der Waals surface area contributed by atoms with E-state index in [9.17, 15) is 18.0 Å². The van der Waals surface area contributed by atoms with Gasteiger partial charge in [-0.3, -0.25) is 4.79 Å². The standard InChI is InChI=1S/C13H6BrCl2F3N2O2/c14-8-3-6(5-20-11(8)16)12(22)21-7-1-2-10(9(15)4-7)23-13(17,18)19/h1-5H,(H,21,22). The monoisotopic (exact) mass is 428 g/mol. The Balaban J connectivity index is 2.15. The Morgan fingerprint density at radius 1 is 1.26 bits per heavy atom. The fraction of sp³-hybridized carbons (Fsp3) is 0.0769. The average Bonchev–Trinajstić information content (AvgIpc) is 2.43. The number of halogens is 6. The van der Waals surface area contributed by atoms with Gasteiger partial charge in [0.05, 0.1) is 15.1 Å². The molecule has 0 radical (unpaired) electrons. The topological polar surface area (TPSA) is 51.2 Å². The van der Waals surface area contributed by atoms with E-state index in [1.54, 1.807) is 0 Å². The number of aromatic nitrogens is 1. The predicted molar refractivity (Wildman–Crippen MR) is 83.0 cm³/mol. The Hall–Kier alpha value is -1.51. The summed E-state index contributed by atoms with van der Waals surface area (Å²) in [6.07, 6.45) is -3.60. The normalized spacial score (nSPS) is 11.2. The lowest BCUT2D eigenvalue weighted by Crippen LogP contribution is -2.17. The van der Waals surface area contributed by atoms with E-state index in [2.05, 4.69) is 31.0 Å². The average molecular weight is 430 g/mol. The highest BCUT2D eigenvalue weighted by Crippen LogP contribution is 2.32. The van der Waals surface area contributed by atoms with E-state index in [0.29, 0.717) is 4.47 Å². The molecule has 10 heteroatoms. The van der Waals surface area contributed by atoms with E-state index in [0.717, 1.165) is 12.1 Å². The second-order valence-electron chi connectivity index (χ2n) is 4.14. The van der Waals surface area contributed by atoms with Gasteiger partial charge in [0.15, 0.2) is 0 Å². The lowest BCUT2D eigenvalue weighted by atomic mass is 10.2. The van der Waals surface area contributed by atoms with Gasteiger partial charge in [0, 0.05) is 11.9 Å². The first-order chi connectivity index (χ1) is 10.7. The molecule has 1 aromatic heterocycles. The maximum Gasteiger partial charge on any atom is 0.573 e. The first kappa shape index (κ1) is 17.8. The largest absolute Gasteiger partial charge is 0.573 e. The van der Waals surface area contributed by atoms with Gasteiger partial charge in [-0.05, 0) is 40.2 Å². The summed E-state index contributed by atoms with van der Waals surface area (Å²) in [5.74, 6) is -1.09. The summed E-state index contributed by atoms with van der Waals surface area (Å²) in [4.78, 5) is 15.8. The Morgan fingerprint density at radius 2 is 1.96 bits per heavy atom. The van der Waals surface area contributed by atoms with Gasteiger partial charge in [-0.15, -0.1) is 13.2 Å². The van der Waals surface area contributed by atoms with Gasteiger partial charge in [-0.1, -0.05) is 23.2 Å². The molecule has 23 heavy (non-hydrogen) atoms. The van der Waals surface area contributed by atoms with Crippen molar-refractivity contribution in [1.82, 2.24) is 4.98 Å². The fourth-order valence-electron chi connectivity index (χ4n) is 1.53. The Morgan fingerprint density at radius 3 is 2.52 bits per heavy atom. The van der Waals surface area contributed by atoms with Crippen LogP contribution in [-0.4, -0.2) is 17.3 Å². The van der Waals surface area contributed by atoms with Gasteiger partial charge in [0.2, 0.25) is 0 Å². The number of nitrogens with one attached hydrogen (secondary N) is 1. The lowest BCUT2D eigenvalue weighted by Gasteiger charge is -2.12. The summed E-state index contributed by atoms with van der Waals surface area (Å²) in [5, 5.41) is 2.37. The molecule has 1 aromatic carbocycles. The number of carbonyl (C=O) groups excluding carboxylic acids is 1. The van der Waals surface area contributed by atoms with Crippen molar-refractivity contribution < 1.29 is 22.7 Å². The molecule has 1 amide bonds. The van der Waals surface area contributed by atoms with Crippen LogP contribution in [0.2, 0.25) is 10.2 Å². The Kier molecular flexibility index (Phi) is 5.38. The summed E-state index contributed by atoms with van der Waals surface area (Å²) in [7, 11) is 0. The number of pyridine rings is 1. The molecule has 0 bridgehead atoms. The maximum absolute atomic E-state index is 12.2. The summed E-state index contributed by atoms with van der Waals surface area (Å²) in [5.41, 5.74) is 0.397.